The number of benzene rings is 1. The van der Waals surface area contributed by atoms with E-state index < -0.39 is 16.1 Å². The maximum absolute atomic E-state index is 5.82. The third-order valence-electron chi connectivity index (χ3n) is 3.70. The van der Waals surface area contributed by atoms with Crippen LogP contribution < -0.4 is 5.32 Å². The van der Waals surface area contributed by atoms with Crippen molar-refractivity contribution in [2.75, 3.05) is 6.61 Å². The number of nitrogens with one attached hydrogen (secondary N) is 1. The van der Waals surface area contributed by atoms with Gasteiger partial charge in [0.05, 0.1) is 35.4 Å². The van der Waals surface area contributed by atoms with E-state index in [1.807, 2.05) is 18.2 Å². The van der Waals surface area contributed by atoms with E-state index in [0.717, 1.165) is 0 Å². The predicted octanol–water partition coefficient (Wildman–Crippen LogP) is 3.92. The molecule has 22 heavy (non-hydrogen) atoms. The molecule has 0 saturated heterocycles. The van der Waals surface area contributed by atoms with Crippen LogP contribution >= 0.6 is 0 Å². The first-order chi connectivity index (χ1) is 10.1. The van der Waals surface area contributed by atoms with E-state index in [2.05, 4.69) is 62.7 Å². The summed E-state index contributed by atoms with van der Waals surface area (Å²) in [5, 5.41) is 4.32. The molecule has 0 aliphatic rings. The molecule has 0 radical (unpaired) electrons. The molecule has 122 valence electrons. The van der Waals surface area contributed by atoms with E-state index >= 15 is 0 Å². The molecule has 0 heterocycles. The van der Waals surface area contributed by atoms with Gasteiger partial charge in [0.2, 0.25) is 0 Å². The van der Waals surface area contributed by atoms with Gasteiger partial charge in [0.15, 0.2) is 0 Å². The van der Waals surface area contributed by atoms with Crippen LogP contribution in [0.2, 0.25) is 39.3 Å². The average Bonchev–Trinajstić information content (AvgIpc) is 2.41. The molecular weight excluding hydrogens is 302 g/mol. The van der Waals surface area contributed by atoms with Crippen molar-refractivity contribution in [1.82, 2.24) is 5.32 Å². The highest BCUT2D eigenvalue weighted by molar-refractivity contribution is 6.96. The lowest BCUT2D eigenvalue weighted by Crippen LogP contribution is -2.64. The molecule has 0 amide bonds. The third kappa shape index (κ3) is 6.49. The van der Waals surface area contributed by atoms with Crippen molar-refractivity contribution in [2.45, 2.75) is 57.2 Å². The van der Waals surface area contributed by atoms with Crippen LogP contribution in [0.5, 0.6) is 0 Å². The number of hydrogen-bond acceptors (Lipinski definition) is 2. The molecule has 1 aromatic carbocycles. The highest BCUT2D eigenvalue weighted by Gasteiger charge is 2.38. The second kappa shape index (κ2) is 8.12. The van der Waals surface area contributed by atoms with E-state index in [-0.39, 0.29) is 6.04 Å². The van der Waals surface area contributed by atoms with Gasteiger partial charge in [0, 0.05) is 0 Å². The number of rotatable bonds is 8. The second-order valence-corrected chi connectivity index (χ2v) is 19.2. The Morgan fingerprint density at radius 1 is 1.05 bits per heavy atom. The normalized spacial score (nSPS) is 13.9. The van der Waals surface area contributed by atoms with Crippen LogP contribution in [0.25, 0.3) is 0 Å². The molecular formula is C18H31NOSi2. The van der Waals surface area contributed by atoms with Gasteiger partial charge in [0.25, 0.3) is 0 Å². The van der Waals surface area contributed by atoms with Crippen LogP contribution in [0.15, 0.2) is 30.3 Å². The standard InChI is InChI=1S/C18H31NOSi2/c1-8-17(15-20-14-16-12-10-9-11-13-16)19-18(21(2,3)4)22(5,6)7/h1,9-13,17-19H,14-15H2,2-7H3. The van der Waals surface area contributed by atoms with Crippen molar-refractivity contribution in [3.05, 3.63) is 35.9 Å². The fraction of sp³-hybridized carbons (Fsp3) is 0.556. The Labute approximate surface area is 138 Å². The zero-order valence-corrected chi connectivity index (χ0v) is 16.9. The van der Waals surface area contributed by atoms with Gasteiger partial charge in [-0.1, -0.05) is 75.5 Å². The topological polar surface area (TPSA) is 21.3 Å². The largest absolute Gasteiger partial charge is 0.374 e. The summed E-state index contributed by atoms with van der Waals surface area (Å²) >= 11 is 0. The van der Waals surface area contributed by atoms with Crippen molar-refractivity contribution in [2.24, 2.45) is 0 Å². The van der Waals surface area contributed by atoms with Crippen molar-refractivity contribution in [1.29, 1.82) is 0 Å². The van der Waals surface area contributed by atoms with E-state index in [1.54, 1.807) is 0 Å². The van der Waals surface area contributed by atoms with Gasteiger partial charge in [0.1, 0.15) is 0 Å². The van der Waals surface area contributed by atoms with Gasteiger partial charge in [-0.2, -0.15) is 0 Å². The van der Waals surface area contributed by atoms with Gasteiger partial charge in [-0.25, -0.2) is 0 Å². The highest BCUT2D eigenvalue weighted by atomic mass is 28.4. The molecule has 0 fully saturated rings. The first kappa shape index (κ1) is 19.2. The van der Waals surface area contributed by atoms with Gasteiger partial charge in [-0.15, -0.1) is 6.42 Å². The molecule has 0 saturated carbocycles. The molecule has 2 nitrogen and oxygen atoms in total. The first-order valence-corrected chi connectivity index (χ1v) is 15.1. The van der Waals surface area contributed by atoms with Crippen LogP contribution in [-0.2, 0) is 11.3 Å². The Bertz CT molecular complexity index is 469. The zero-order valence-electron chi connectivity index (χ0n) is 14.9. The molecule has 0 bridgehead atoms. The second-order valence-electron chi connectivity index (χ2n) is 8.05. The van der Waals surface area contributed by atoms with Gasteiger partial charge in [-0.3, -0.25) is 0 Å². The summed E-state index contributed by atoms with van der Waals surface area (Å²) in [5.41, 5.74) is 1.19. The average molecular weight is 334 g/mol. The molecule has 0 aromatic heterocycles. The maximum atomic E-state index is 5.82. The Hall–Kier alpha value is -0.866. The zero-order chi connectivity index (χ0) is 16.8. The quantitative estimate of drug-likeness (QED) is 0.575. The fourth-order valence-corrected chi connectivity index (χ4v) is 14.8. The lowest BCUT2D eigenvalue weighted by molar-refractivity contribution is 0.111. The number of ether oxygens (including phenoxy) is 1. The van der Waals surface area contributed by atoms with E-state index in [4.69, 9.17) is 11.2 Å². The Balaban J connectivity index is 2.58. The molecule has 0 aliphatic heterocycles. The van der Waals surface area contributed by atoms with Crippen LogP contribution in [0.4, 0.5) is 0 Å². The Morgan fingerprint density at radius 3 is 2.05 bits per heavy atom. The number of terminal acetylenes is 1. The van der Waals surface area contributed by atoms with Gasteiger partial charge in [-0.05, 0) is 10.9 Å². The van der Waals surface area contributed by atoms with Crippen LogP contribution in [0.3, 0.4) is 0 Å². The Kier molecular flexibility index (Phi) is 7.08. The summed E-state index contributed by atoms with van der Waals surface area (Å²) in [4.78, 5) is 0. The van der Waals surface area contributed by atoms with Crippen molar-refractivity contribution in [3.8, 4) is 12.3 Å². The number of hydrogen-bond donors (Lipinski definition) is 1. The SMILES string of the molecule is C#CC(COCc1ccccc1)NC([Si](C)(C)C)[Si](C)(C)C. The third-order valence-corrected chi connectivity index (χ3v) is 12.7. The monoisotopic (exact) mass is 333 g/mol. The molecule has 4 heteroatoms. The smallest absolute Gasteiger partial charge is 0.0921 e. The van der Waals surface area contributed by atoms with Crippen LogP contribution in [-0.4, -0.2) is 34.1 Å². The summed E-state index contributed by atoms with van der Waals surface area (Å²) < 4.78 is 5.82. The summed E-state index contributed by atoms with van der Waals surface area (Å²) in [7, 11) is -2.61. The summed E-state index contributed by atoms with van der Waals surface area (Å²) in [5.74, 6) is 2.87. The summed E-state index contributed by atoms with van der Waals surface area (Å²) in [6.07, 6.45) is 5.73. The molecule has 1 atom stereocenters. The van der Waals surface area contributed by atoms with Gasteiger partial charge >= 0.3 is 0 Å². The lowest BCUT2D eigenvalue weighted by atomic mass is 10.2. The predicted molar refractivity (Wildman–Crippen MR) is 102 cm³/mol. The first-order valence-electron chi connectivity index (χ1n) is 7.98. The molecule has 1 rings (SSSR count). The molecule has 1 unspecified atom stereocenters. The van der Waals surface area contributed by atoms with Crippen LogP contribution in [0.1, 0.15) is 5.56 Å². The van der Waals surface area contributed by atoms with Crippen molar-refractivity contribution < 1.29 is 4.74 Å². The molecule has 1 N–H and O–H groups in total. The van der Waals surface area contributed by atoms with Crippen LogP contribution in [0, 0.1) is 12.3 Å². The van der Waals surface area contributed by atoms with E-state index in [1.165, 1.54) is 5.56 Å². The van der Waals surface area contributed by atoms with Crippen molar-refractivity contribution in [3.63, 3.8) is 0 Å². The molecule has 1 aromatic rings. The fourth-order valence-electron chi connectivity index (χ4n) is 3.01. The van der Waals surface area contributed by atoms with E-state index in [9.17, 15) is 0 Å². The minimum absolute atomic E-state index is 0.00726. The van der Waals surface area contributed by atoms with Gasteiger partial charge < -0.3 is 10.1 Å². The highest BCUT2D eigenvalue weighted by Crippen LogP contribution is 2.19. The maximum Gasteiger partial charge on any atom is 0.0921 e. The molecule has 0 aliphatic carbocycles. The minimum Gasteiger partial charge on any atom is -0.374 e. The summed E-state index contributed by atoms with van der Waals surface area (Å²) in [6.45, 7) is 15.7. The summed E-state index contributed by atoms with van der Waals surface area (Å²) in [6, 6.07) is 10.2. The minimum atomic E-state index is -1.30. The lowest BCUT2D eigenvalue weighted by Gasteiger charge is -2.40. The van der Waals surface area contributed by atoms with E-state index in [0.29, 0.717) is 18.5 Å². The Morgan fingerprint density at radius 2 is 1.59 bits per heavy atom. The molecule has 0 spiro atoms. The van der Waals surface area contributed by atoms with Crippen molar-refractivity contribution >= 4 is 16.1 Å².